The molecule has 0 saturated heterocycles. The molecule has 0 spiro atoms. The van der Waals surface area contributed by atoms with Gasteiger partial charge in [0, 0.05) is 23.6 Å². The summed E-state index contributed by atoms with van der Waals surface area (Å²) in [6.45, 7) is 0. The van der Waals surface area contributed by atoms with Crippen LogP contribution in [0.5, 0.6) is 0 Å². The number of aromatic nitrogens is 2. The summed E-state index contributed by atoms with van der Waals surface area (Å²) in [7, 11) is 0. The third kappa shape index (κ3) is 1.98. The van der Waals surface area contributed by atoms with Gasteiger partial charge < -0.3 is 0 Å². The Hall–Kier alpha value is -3.28. The number of hydrogen-bond donors (Lipinski definition) is 1. The van der Waals surface area contributed by atoms with Gasteiger partial charge in [-0.2, -0.15) is 5.10 Å². The summed E-state index contributed by atoms with van der Waals surface area (Å²) >= 11 is 0. The van der Waals surface area contributed by atoms with Crippen LogP contribution < -0.4 is 0 Å². The predicted molar refractivity (Wildman–Crippen MR) is 91.3 cm³/mol. The highest BCUT2D eigenvalue weighted by Gasteiger charge is 2.47. The van der Waals surface area contributed by atoms with Crippen LogP contribution in [-0.2, 0) is 6.42 Å². The first-order valence-corrected chi connectivity index (χ1v) is 8.39. The van der Waals surface area contributed by atoms with E-state index in [-0.39, 0.29) is 29.6 Å². The lowest BCUT2D eigenvalue weighted by Crippen LogP contribution is -2.42. The molecule has 0 saturated carbocycles. The highest BCUT2D eigenvalue weighted by Crippen LogP contribution is 2.42. The van der Waals surface area contributed by atoms with Crippen LogP contribution in [0.4, 0.5) is 4.39 Å². The van der Waals surface area contributed by atoms with Crippen molar-refractivity contribution in [1.82, 2.24) is 15.1 Å². The van der Waals surface area contributed by atoms with E-state index in [9.17, 15) is 14.0 Å². The minimum absolute atomic E-state index is 0.230. The third-order valence-electron chi connectivity index (χ3n) is 5.27. The van der Waals surface area contributed by atoms with E-state index in [1.54, 1.807) is 42.6 Å². The van der Waals surface area contributed by atoms with Gasteiger partial charge in [-0.05, 0) is 29.8 Å². The van der Waals surface area contributed by atoms with Gasteiger partial charge >= 0.3 is 0 Å². The fraction of sp³-hybridized carbons (Fsp3) is 0.150. The average molecular weight is 347 g/mol. The fourth-order valence-corrected chi connectivity index (χ4v) is 4.11. The maximum atomic E-state index is 13.4. The van der Waals surface area contributed by atoms with Crippen LogP contribution >= 0.6 is 0 Å². The summed E-state index contributed by atoms with van der Waals surface area (Å²) in [5.74, 6) is -1.11. The molecule has 1 aromatic heterocycles. The van der Waals surface area contributed by atoms with E-state index < -0.39 is 0 Å². The van der Waals surface area contributed by atoms with Gasteiger partial charge in [-0.25, -0.2) is 4.39 Å². The molecule has 26 heavy (non-hydrogen) atoms. The highest BCUT2D eigenvalue weighted by molar-refractivity contribution is 6.21. The Morgan fingerprint density at radius 3 is 2.31 bits per heavy atom. The Morgan fingerprint density at radius 1 is 1.00 bits per heavy atom. The number of H-pyrrole nitrogens is 1. The molecule has 2 amide bonds. The molecule has 5 rings (SSSR count). The van der Waals surface area contributed by atoms with E-state index in [4.69, 9.17) is 0 Å². The summed E-state index contributed by atoms with van der Waals surface area (Å²) in [4.78, 5) is 27.2. The molecular weight excluding hydrogens is 333 g/mol. The number of amides is 2. The molecule has 6 heteroatoms. The van der Waals surface area contributed by atoms with Gasteiger partial charge in [0.25, 0.3) is 11.8 Å². The molecule has 3 aromatic rings. The first-order valence-electron chi connectivity index (χ1n) is 8.39. The van der Waals surface area contributed by atoms with Crippen molar-refractivity contribution >= 4 is 11.8 Å². The van der Waals surface area contributed by atoms with Gasteiger partial charge in [-0.15, -0.1) is 0 Å². The standard InChI is InChI=1S/C20H14FN3O2/c21-12-7-5-11(6-8-12)18-15-10-22-23-16(15)9-17(18)24-19(25)13-3-1-2-4-14(13)20(24)26/h1-8,10,17-18H,9H2,(H,22,23)/t17-,18-/m0/s1. The molecule has 2 atom stereocenters. The van der Waals surface area contributed by atoms with Crippen LogP contribution in [0.25, 0.3) is 0 Å². The summed E-state index contributed by atoms with van der Waals surface area (Å²) in [5.41, 5.74) is 3.57. The van der Waals surface area contributed by atoms with Crippen LogP contribution in [-0.4, -0.2) is 33.0 Å². The van der Waals surface area contributed by atoms with E-state index in [1.165, 1.54) is 17.0 Å². The van der Waals surface area contributed by atoms with Crippen molar-refractivity contribution in [3.05, 3.63) is 88.5 Å². The second-order valence-electron chi connectivity index (χ2n) is 6.63. The van der Waals surface area contributed by atoms with Gasteiger partial charge in [-0.3, -0.25) is 19.6 Å². The number of imide groups is 1. The maximum Gasteiger partial charge on any atom is 0.261 e. The Bertz CT molecular complexity index is 1010. The SMILES string of the molecule is O=C1c2ccccc2C(=O)N1[C@H]1Cc2[nH]ncc2[C@@H]1c1ccc(F)cc1. The highest BCUT2D eigenvalue weighted by atomic mass is 19.1. The summed E-state index contributed by atoms with van der Waals surface area (Å²) in [5, 5.41) is 7.05. The number of fused-ring (bicyclic) bond motifs is 2. The lowest BCUT2D eigenvalue weighted by molar-refractivity contribution is 0.0577. The molecule has 128 valence electrons. The molecule has 5 nitrogen and oxygen atoms in total. The quantitative estimate of drug-likeness (QED) is 0.725. The lowest BCUT2D eigenvalue weighted by Gasteiger charge is -2.28. The largest absolute Gasteiger partial charge is 0.282 e. The second kappa shape index (κ2) is 5.36. The summed E-state index contributed by atoms with van der Waals surface area (Å²) in [6, 6.07) is 12.7. The Morgan fingerprint density at radius 2 is 1.65 bits per heavy atom. The Labute approximate surface area is 148 Å². The maximum absolute atomic E-state index is 13.4. The molecule has 1 aliphatic carbocycles. The normalized spacial score (nSPS) is 21.2. The number of aromatic amines is 1. The van der Waals surface area contributed by atoms with Crippen LogP contribution in [0.3, 0.4) is 0 Å². The van der Waals surface area contributed by atoms with Gasteiger partial charge in [-0.1, -0.05) is 24.3 Å². The van der Waals surface area contributed by atoms with Crippen molar-refractivity contribution in [2.24, 2.45) is 0 Å². The average Bonchev–Trinajstić information content (AvgIpc) is 3.29. The van der Waals surface area contributed by atoms with E-state index >= 15 is 0 Å². The summed E-state index contributed by atoms with van der Waals surface area (Å²) < 4.78 is 13.4. The minimum Gasteiger partial charge on any atom is -0.282 e. The van der Waals surface area contributed by atoms with E-state index in [1.807, 2.05) is 0 Å². The first kappa shape index (κ1) is 15.0. The molecule has 0 unspecified atom stereocenters. The second-order valence-corrected chi connectivity index (χ2v) is 6.63. The van der Waals surface area contributed by atoms with Crippen molar-refractivity contribution in [2.45, 2.75) is 18.4 Å². The number of rotatable bonds is 2. The molecule has 0 fully saturated rings. The molecule has 1 aliphatic heterocycles. The molecule has 0 bridgehead atoms. The van der Waals surface area contributed by atoms with Crippen LogP contribution in [0, 0.1) is 5.82 Å². The molecule has 0 radical (unpaired) electrons. The Kier molecular flexibility index (Phi) is 3.09. The van der Waals surface area contributed by atoms with Crippen molar-refractivity contribution in [3.63, 3.8) is 0 Å². The van der Waals surface area contributed by atoms with Gasteiger partial charge in [0.05, 0.1) is 23.4 Å². The smallest absolute Gasteiger partial charge is 0.261 e. The number of nitrogens with zero attached hydrogens (tertiary/aromatic N) is 2. The molecule has 2 heterocycles. The monoisotopic (exact) mass is 347 g/mol. The van der Waals surface area contributed by atoms with Crippen LogP contribution in [0.15, 0.2) is 54.7 Å². The van der Waals surface area contributed by atoms with Crippen molar-refractivity contribution < 1.29 is 14.0 Å². The van der Waals surface area contributed by atoms with Crippen molar-refractivity contribution in [1.29, 1.82) is 0 Å². The molecule has 1 N–H and O–H groups in total. The number of nitrogens with one attached hydrogen (secondary N) is 1. The van der Waals surface area contributed by atoms with E-state index in [2.05, 4.69) is 10.2 Å². The predicted octanol–water partition coefficient (Wildman–Crippen LogP) is 2.90. The van der Waals surface area contributed by atoms with Crippen molar-refractivity contribution in [3.8, 4) is 0 Å². The van der Waals surface area contributed by atoms with E-state index in [0.717, 1.165) is 16.8 Å². The van der Waals surface area contributed by atoms with E-state index in [0.29, 0.717) is 17.5 Å². The topological polar surface area (TPSA) is 66.1 Å². The first-order chi connectivity index (χ1) is 12.6. The van der Waals surface area contributed by atoms with Crippen LogP contribution in [0.2, 0.25) is 0 Å². The number of benzene rings is 2. The summed E-state index contributed by atoms with van der Waals surface area (Å²) in [6.07, 6.45) is 2.23. The fourth-order valence-electron chi connectivity index (χ4n) is 4.11. The minimum atomic E-state index is -0.364. The number of hydrogen-bond acceptors (Lipinski definition) is 3. The third-order valence-corrected chi connectivity index (χ3v) is 5.27. The zero-order chi connectivity index (χ0) is 17.8. The van der Waals surface area contributed by atoms with Gasteiger partial charge in [0.2, 0.25) is 0 Å². The van der Waals surface area contributed by atoms with Crippen molar-refractivity contribution in [2.75, 3.05) is 0 Å². The Balaban J connectivity index is 1.61. The number of carbonyl (C=O) groups is 2. The molecule has 2 aromatic carbocycles. The zero-order valence-electron chi connectivity index (χ0n) is 13.6. The van der Waals surface area contributed by atoms with Gasteiger partial charge in [0.1, 0.15) is 5.82 Å². The van der Waals surface area contributed by atoms with Gasteiger partial charge in [0.15, 0.2) is 0 Å². The van der Waals surface area contributed by atoms with Crippen LogP contribution in [0.1, 0.15) is 43.5 Å². The number of carbonyl (C=O) groups excluding carboxylic acids is 2. The zero-order valence-corrected chi connectivity index (χ0v) is 13.6. The molecule has 2 aliphatic rings. The molecular formula is C20H14FN3O2. The number of halogens is 1. The lowest BCUT2D eigenvalue weighted by atomic mass is 9.90.